The van der Waals surface area contributed by atoms with E-state index in [4.69, 9.17) is 9.84 Å². The van der Waals surface area contributed by atoms with E-state index in [1.54, 1.807) is 0 Å². The quantitative estimate of drug-likeness (QED) is 0.808. The minimum absolute atomic E-state index is 0.0944. The van der Waals surface area contributed by atoms with Crippen LogP contribution in [0.4, 0.5) is 0 Å². The molecule has 1 fully saturated rings. The van der Waals surface area contributed by atoms with E-state index in [1.165, 1.54) is 25.7 Å². The van der Waals surface area contributed by atoms with E-state index >= 15 is 0 Å². The summed E-state index contributed by atoms with van der Waals surface area (Å²) in [5, 5.41) is 8.65. The molecule has 0 amide bonds. The maximum absolute atomic E-state index is 8.65. The lowest BCUT2D eigenvalue weighted by Gasteiger charge is -2.10. The molecule has 1 aliphatic carbocycles. The van der Waals surface area contributed by atoms with Crippen molar-refractivity contribution in [1.29, 1.82) is 0 Å². The molecule has 1 aromatic carbocycles. The fraction of sp³-hybridized carbons (Fsp3) is 0.467. The van der Waals surface area contributed by atoms with Crippen LogP contribution in [0.2, 0.25) is 0 Å². The van der Waals surface area contributed by atoms with Gasteiger partial charge in [-0.3, -0.25) is 0 Å². The molecule has 0 spiro atoms. The van der Waals surface area contributed by atoms with Gasteiger partial charge in [-0.05, 0) is 30.5 Å². The smallest absolute Gasteiger partial charge is 0.104 e. The van der Waals surface area contributed by atoms with Gasteiger partial charge < -0.3 is 9.84 Å². The van der Waals surface area contributed by atoms with Crippen molar-refractivity contribution in [1.82, 2.24) is 0 Å². The Labute approximate surface area is 103 Å². The summed E-state index contributed by atoms with van der Waals surface area (Å²) in [6.45, 7) is 0.572. The summed E-state index contributed by atoms with van der Waals surface area (Å²) < 4.78 is 5.85. The van der Waals surface area contributed by atoms with E-state index in [1.807, 2.05) is 18.2 Å². The zero-order chi connectivity index (χ0) is 11.9. The lowest BCUT2D eigenvalue weighted by atomic mass is 10.1. The van der Waals surface area contributed by atoms with Crippen molar-refractivity contribution in [2.45, 2.75) is 38.4 Å². The first kappa shape index (κ1) is 12.2. The second-order valence-corrected chi connectivity index (χ2v) is 4.38. The van der Waals surface area contributed by atoms with Gasteiger partial charge in [0.2, 0.25) is 0 Å². The van der Waals surface area contributed by atoms with Crippen LogP contribution in [0.1, 0.15) is 36.8 Å². The number of hydrogen-bond acceptors (Lipinski definition) is 2. The molecule has 1 saturated carbocycles. The molecular formula is C15H18O2. The molecule has 1 aliphatic rings. The van der Waals surface area contributed by atoms with Crippen LogP contribution in [0.5, 0.6) is 0 Å². The van der Waals surface area contributed by atoms with Crippen LogP contribution in [0.3, 0.4) is 0 Å². The zero-order valence-electron chi connectivity index (χ0n) is 9.98. The standard InChI is InChI=1S/C15H18O2/c16-10-4-7-13-5-3-6-14(11-13)12-17-15-8-1-2-9-15/h3,5-6,11,15-16H,1-2,8-10,12H2. The predicted octanol–water partition coefficient (Wildman–Crippen LogP) is 2.49. The van der Waals surface area contributed by atoms with Gasteiger partial charge in [0.15, 0.2) is 0 Å². The molecule has 90 valence electrons. The average Bonchev–Trinajstić information content (AvgIpc) is 2.87. The van der Waals surface area contributed by atoms with Crippen LogP contribution < -0.4 is 0 Å². The third kappa shape index (κ3) is 3.89. The third-order valence-electron chi connectivity index (χ3n) is 3.03. The van der Waals surface area contributed by atoms with E-state index in [0.29, 0.717) is 12.7 Å². The molecule has 2 heteroatoms. The van der Waals surface area contributed by atoms with Crippen molar-refractivity contribution in [3.63, 3.8) is 0 Å². The van der Waals surface area contributed by atoms with Crippen LogP contribution in [-0.4, -0.2) is 17.8 Å². The highest BCUT2D eigenvalue weighted by atomic mass is 16.5. The van der Waals surface area contributed by atoms with Crippen molar-refractivity contribution in [3.8, 4) is 11.8 Å². The molecule has 0 aromatic heterocycles. The minimum Gasteiger partial charge on any atom is -0.384 e. The first-order chi connectivity index (χ1) is 8.38. The molecule has 0 saturated heterocycles. The lowest BCUT2D eigenvalue weighted by molar-refractivity contribution is 0.0457. The van der Waals surface area contributed by atoms with Crippen LogP contribution >= 0.6 is 0 Å². The summed E-state index contributed by atoms with van der Waals surface area (Å²) in [5.74, 6) is 5.56. The van der Waals surface area contributed by atoms with E-state index in [0.717, 1.165) is 11.1 Å². The third-order valence-corrected chi connectivity index (χ3v) is 3.03. The fourth-order valence-electron chi connectivity index (χ4n) is 2.15. The maximum atomic E-state index is 8.65. The van der Waals surface area contributed by atoms with E-state index < -0.39 is 0 Å². The van der Waals surface area contributed by atoms with E-state index in [2.05, 4.69) is 17.9 Å². The number of aliphatic hydroxyl groups excluding tert-OH is 1. The van der Waals surface area contributed by atoms with Crippen LogP contribution in [0.25, 0.3) is 0 Å². The first-order valence-corrected chi connectivity index (χ1v) is 6.19. The van der Waals surface area contributed by atoms with E-state index in [9.17, 15) is 0 Å². The van der Waals surface area contributed by atoms with Gasteiger partial charge in [0, 0.05) is 5.56 Å². The molecular weight excluding hydrogens is 212 g/mol. The van der Waals surface area contributed by atoms with Gasteiger partial charge in [-0.15, -0.1) is 0 Å². The Hall–Kier alpha value is -1.30. The largest absolute Gasteiger partial charge is 0.384 e. The number of benzene rings is 1. The van der Waals surface area contributed by atoms with Gasteiger partial charge >= 0.3 is 0 Å². The predicted molar refractivity (Wildman–Crippen MR) is 67.5 cm³/mol. The van der Waals surface area contributed by atoms with Gasteiger partial charge in [-0.2, -0.15) is 0 Å². The molecule has 1 aromatic rings. The van der Waals surface area contributed by atoms with Crippen molar-refractivity contribution in [2.75, 3.05) is 6.61 Å². The summed E-state index contributed by atoms with van der Waals surface area (Å²) in [6, 6.07) is 8.01. The van der Waals surface area contributed by atoms with Crippen molar-refractivity contribution >= 4 is 0 Å². The number of aliphatic hydroxyl groups is 1. The average molecular weight is 230 g/mol. The molecule has 1 N–H and O–H groups in total. The van der Waals surface area contributed by atoms with Crippen LogP contribution in [0.15, 0.2) is 24.3 Å². The molecule has 17 heavy (non-hydrogen) atoms. The summed E-state index contributed by atoms with van der Waals surface area (Å²) in [7, 11) is 0. The minimum atomic E-state index is -0.0944. The van der Waals surface area contributed by atoms with Crippen molar-refractivity contribution < 1.29 is 9.84 Å². The molecule has 0 aliphatic heterocycles. The Morgan fingerprint density at radius 2 is 2.12 bits per heavy atom. The molecule has 0 atom stereocenters. The van der Waals surface area contributed by atoms with Gasteiger partial charge in [0.05, 0.1) is 12.7 Å². The maximum Gasteiger partial charge on any atom is 0.104 e. The first-order valence-electron chi connectivity index (χ1n) is 6.19. The molecule has 0 bridgehead atoms. The summed E-state index contributed by atoms with van der Waals surface area (Å²) in [5.41, 5.74) is 2.09. The van der Waals surface area contributed by atoms with Crippen LogP contribution in [-0.2, 0) is 11.3 Å². The molecule has 0 radical (unpaired) electrons. The van der Waals surface area contributed by atoms with E-state index in [-0.39, 0.29) is 6.61 Å². The zero-order valence-corrected chi connectivity index (χ0v) is 9.98. The summed E-state index contributed by atoms with van der Waals surface area (Å²) in [6.07, 6.45) is 5.44. The Kier molecular flexibility index (Phi) is 4.61. The number of hydrogen-bond donors (Lipinski definition) is 1. The fourth-order valence-corrected chi connectivity index (χ4v) is 2.15. The highest BCUT2D eigenvalue weighted by Gasteiger charge is 2.14. The lowest BCUT2D eigenvalue weighted by Crippen LogP contribution is -2.07. The second-order valence-electron chi connectivity index (χ2n) is 4.38. The monoisotopic (exact) mass is 230 g/mol. The van der Waals surface area contributed by atoms with Gasteiger partial charge in [0.1, 0.15) is 6.61 Å². The normalized spacial score (nSPS) is 15.6. The number of ether oxygens (including phenoxy) is 1. The van der Waals surface area contributed by atoms with Crippen molar-refractivity contribution in [2.24, 2.45) is 0 Å². The topological polar surface area (TPSA) is 29.5 Å². The van der Waals surface area contributed by atoms with Crippen molar-refractivity contribution in [3.05, 3.63) is 35.4 Å². The van der Waals surface area contributed by atoms with Gasteiger partial charge in [-0.1, -0.05) is 36.8 Å². The Morgan fingerprint density at radius 3 is 2.88 bits per heavy atom. The Balaban J connectivity index is 1.91. The van der Waals surface area contributed by atoms with Gasteiger partial charge in [0.25, 0.3) is 0 Å². The highest BCUT2D eigenvalue weighted by Crippen LogP contribution is 2.22. The molecule has 0 unspecified atom stereocenters. The highest BCUT2D eigenvalue weighted by molar-refractivity contribution is 5.36. The molecule has 2 nitrogen and oxygen atoms in total. The Morgan fingerprint density at radius 1 is 1.29 bits per heavy atom. The SMILES string of the molecule is OCC#Cc1cccc(COC2CCCC2)c1. The molecule has 2 rings (SSSR count). The second kappa shape index (κ2) is 6.44. The van der Waals surface area contributed by atoms with Gasteiger partial charge in [-0.25, -0.2) is 0 Å². The van der Waals surface area contributed by atoms with Crippen LogP contribution in [0, 0.1) is 11.8 Å². The summed E-state index contributed by atoms with van der Waals surface area (Å²) >= 11 is 0. The summed E-state index contributed by atoms with van der Waals surface area (Å²) in [4.78, 5) is 0. The number of rotatable bonds is 3. The Bertz CT molecular complexity index is 408. The molecule has 0 heterocycles.